The predicted octanol–water partition coefficient (Wildman–Crippen LogP) is 2.50. The van der Waals surface area contributed by atoms with Crippen molar-refractivity contribution in [3.05, 3.63) is 11.6 Å². The SMILES string of the molecule is Cc1nc([C@@H]2C[C@H](NC(=O)CC(C)C)CN2C(=O)C2CCCCC2)n[nH]1. The molecule has 0 radical (unpaired) electrons. The van der Waals surface area contributed by atoms with Gasteiger partial charge in [0.1, 0.15) is 5.82 Å². The van der Waals surface area contributed by atoms with Gasteiger partial charge in [0, 0.05) is 24.9 Å². The second-order valence-corrected chi connectivity index (χ2v) is 8.22. The van der Waals surface area contributed by atoms with Gasteiger partial charge in [0.15, 0.2) is 5.82 Å². The van der Waals surface area contributed by atoms with E-state index in [-0.39, 0.29) is 29.8 Å². The summed E-state index contributed by atoms with van der Waals surface area (Å²) in [4.78, 5) is 31.7. The molecule has 1 aliphatic carbocycles. The molecular formula is C19H31N5O2. The maximum atomic E-state index is 13.1. The van der Waals surface area contributed by atoms with E-state index in [1.807, 2.05) is 25.7 Å². The first-order valence-electron chi connectivity index (χ1n) is 9.92. The summed E-state index contributed by atoms with van der Waals surface area (Å²) in [5.74, 6) is 2.10. The first kappa shape index (κ1) is 18.9. The number of aromatic nitrogens is 3. The monoisotopic (exact) mass is 361 g/mol. The van der Waals surface area contributed by atoms with Crippen molar-refractivity contribution in [3.63, 3.8) is 0 Å². The Kier molecular flexibility index (Phi) is 5.94. The molecule has 0 unspecified atom stereocenters. The number of carbonyl (C=O) groups excluding carboxylic acids is 2. The molecule has 2 N–H and O–H groups in total. The normalized spacial score (nSPS) is 24.2. The average Bonchev–Trinajstić information content (AvgIpc) is 3.20. The summed E-state index contributed by atoms with van der Waals surface area (Å²) in [5, 5.41) is 10.3. The molecule has 1 saturated carbocycles. The molecule has 0 spiro atoms. The number of aromatic amines is 1. The Bertz CT molecular complexity index is 636. The van der Waals surface area contributed by atoms with E-state index in [1.54, 1.807) is 0 Å². The van der Waals surface area contributed by atoms with Crippen molar-refractivity contribution in [3.8, 4) is 0 Å². The lowest BCUT2D eigenvalue weighted by Crippen LogP contribution is -2.41. The molecule has 3 rings (SSSR count). The average molecular weight is 361 g/mol. The minimum atomic E-state index is -0.154. The Morgan fingerprint density at radius 2 is 2.00 bits per heavy atom. The molecule has 0 aromatic carbocycles. The molecule has 1 aromatic rings. The lowest BCUT2D eigenvalue weighted by atomic mass is 9.88. The third kappa shape index (κ3) is 4.43. The minimum absolute atomic E-state index is 0.0300. The van der Waals surface area contributed by atoms with Crippen LogP contribution in [0.4, 0.5) is 0 Å². The van der Waals surface area contributed by atoms with Crippen molar-refractivity contribution in [2.75, 3.05) is 6.54 Å². The van der Waals surface area contributed by atoms with E-state index >= 15 is 0 Å². The van der Waals surface area contributed by atoms with Gasteiger partial charge in [-0.05, 0) is 32.1 Å². The number of aryl methyl sites for hydroxylation is 1. The number of nitrogens with zero attached hydrogens (tertiary/aromatic N) is 3. The summed E-state index contributed by atoms with van der Waals surface area (Å²) in [6.45, 7) is 6.48. The summed E-state index contributed by atoms with van der Waals surface area (Å²) in [6.07, 6.45) is 6.61. The van der Waals surface area contributed by atoms with Gasteiger partial charge in [0.2, 0.25) is 11.8 Å². The van der Waals surface area contributed by atoms with Crippen molar-refractivity contribution in [2.24, 2.45) is 11.8 Å². The summed E-state index contributed by atoms with van der Waals surface area (Å²) in [5.41, 5.74) is 0. The number of amides is 2. The van der Waals surface area contributed by atoms with E-state index in [0.717, 1.165) is 31.5 Å². The molecule has 144 valence electrons. The molecule has 2 aliphatic rings. The van der Waals surface area contributed by atoms with Gasteiger partial charge in [0.05, 0.1) is 6.04 Å². The second kappa shape index (κ2) is 8.18. The number of H-pyrrole nitrogens is 1. The van der Waals surface area contributed by atoms with Crippen LogP contribution in [-0.2, 0) is 9.59 Å². The smallest absolute Gasteiger partial charge is 0.226 e. The van der Waals surface area contributed by atoms with Crippen LogP contribution in [0.25, 0.3) is 0 Å². The van der Waals surface area contributed by atoms with E-state index in [4.69, 9.17) is 0 Å². The Labute approximate surface area is 155 Å². The molecule has 7 heteroatoms. The van der Waals surface area contributed by atoms with Gasteiger partial charge in [-0.25, -0.2) is 4.98 Å². The van der Waals surface area contributed by atoms with Gasteiger partial charge in [0.25, 0.3) is 0 Å². The Hall–Kier alpha value is -1.92. The Balaban J connectivity index is 1.73. The van der Waals surface area contributed by atoms with Gasteiger partial charge >= 0.3 is 0 Å². The lowest BCUT2D eigenvalue weighted by molar-refractivity contribution is -0.138. The minimum Gasteiger partial charge on any atom is -0.351 e. The zero-order valence-electron chi connectivity index (χ0n) is 16.1. The van der Waals surface area contributed by atoms with Crippen LogP contribution in [0.2, 0.25) is 0 Å². The number of carbonyl (C=O) groups is 2. The highest BCUT2D eigenvalue weighted by atomic mass is 16.2. The Morgan fingerprint density at radius 1 is 1.27 bits per heavy atom. The van der Waals surface area contributed by atoms with Crippen molar-refractivity contribution < 1.29 is 9.59 Å². The fourth-order valence-corrected chi connectivity index (χ4v) is 4.18. The molecule has 1 aliphatic heterocycles. The van der Waals surface area contributed by atoms with Gasteiger partial charge in [-0.2, -0.15) is 5.10 Å². The highest BCUT2D eigenvalue weighted by Gasteiger charge is 2.41. The fraction of sp³-hybridized carbons (Fsp3) is 0.789. The molecule has 1 saturated heterocycles. The predicted molar refractivity (Wildman–Crippen MR) is 98.2 cm³/mol. The van der Waals surface area contributed by atoms with E-state index in [2.05, 4.69) is 20.5 Å². The van der Waals surface area contributed by atoms with Crippen LogP contribution in [0.15, 0.2) is 0 Å². The molecule has 1 aromatic heterocycles. The van der Waals surface area contributed by atoms with Gasteiger partial charge < -0.3 is 10.2 Å². The summed E-state index contributed by atoms with van der Waals surface area (Å²) < 4.78 is 0. The number of nitrogens with one attached hydrogen (secondary N) is 2. The van der Waals surface area contributed by atoms with E-state index in [0.29, 0.717) is 31.1 Å². The van der Waals surface area contributed by atoms with Crippen LogP contribution in [-0.4, -0.2) is 44.5 Å². The third-order valence-corrected chi connectivity index (χ3v) is 5.41. The van der Waals surface area contributed by atoms with Crippen molar-refractivity contribution in [2.45, 2.75) is 77.8 Å². The van der Waals surface area contributed by atoms with Crippen LogP contribution >= 0.6 is 0 Å². The third-order valence-electron chi connectivity index (χ3n) is 5.41. The molecule has 2 fully saturated rings. The van der Waals surface area contributed by atoms with Crippen LogP contribution < -0.4 is 5.32 Å². The topological polar surface area (TPSA) is 91.0 Å². The second-order valence-electron chi connectivity index (χ2n) is 8.22. The van der Waals surface area contributed by atoms with Gasteiger partial charge in [-0.1, -0.05) is 33.1 Å². The highest BCUT2D eigenvalue weighted by molar-refractivity contribution is 5.80. The molecular weight excluding hydrogens is 330 g/mol. The molecule has 2 heterocycles. The summed E-state index contributed by atoms with van der Waals surface area (Å²) in [7, 11) is 0. The Morgan fingerprint density at radius 3 is 2.62 bits per heavy atom. The molecule has 2 amide bonds. The zero-order chi connectivity index (χ0) is 18.7. The standard InChI is InChI=1S/C19H31N5O2/c1-12(2)9-17(25)21-15-10-16(18-20-13(3)22-23-18)24(11-15)19(26)14-7-5-4-6-8-14/h12,14-16H,4-11H2,1-3H3,(H,21,25)(H,20,22,23)/t15-,16-/m0/s1. The van der Waals surface area contributed by atoms with E-state index in [9.17, 15) is 9.59 Å². The van der Waals surface area contributed by atoms with E-state index in [1.165, 1.54) is 6.42 Å². The van der Waals surface area contributed by atoms with Crippen molar-refractivity contribution in [1.29, 1.82) is 0 Å². The number of hydrogen-bond acceptors (Lipinski definition) is 4. The van der Waals surface area contributed by atoms with Gasteiger partial charge in [-0.15, -0.1) is 0 Å². The first-order chi connectivity index (χ1) is 12.4. The molecule has 7 nitrogen and oxygen atoms in total. The first-order valence-corrected chi connectivity index (χ1v) is 9.92. The van der Waals surface area contributed by atoms with Crippen LogP contribution in [0.1, 0.15) is 76.5 Å². The van der Waals surface area contributed by atoms with Gasteiger partial charge in [-0.3, -0.25) is 14.7 Å². The quantitative estimate of drug-likeness (QED) is 0.843. The maximum Gasteiger partial charge on any atom is 0.226 e. The van der Waals surface area contributed by atoms with Crippen molar-refractivity contribution >= 4 is 11.8 Å². The van der Waals surface area contributed by atoms with E-state index < -0.39 is 0 Å². The largest absolute Gasteiger partial charge is 0.351 e. The molecule has 2 atom stereocenters. The molecule has 26 heavy (non-hydrogen) atoms. The number of hydrogen-bond donors (Lipinski definition) is 2. The van der Waals surface area contributed by atoms with Crippen molar-refractivity contribution in [1.82, 2.24) is 25.4 Å². The fourth-order valence-electron chi connectivity index (χ4n) is 4.18. The van der Waals surface area contributed by atoms with Crippen LogP contribution in [0.5, 0.6) is 0 Å². The summed E-state index contributed by atoms with van der Waals surface area (Å²) in [6, 6.07) is -0.184. The number of likely N-dealkylation sites (tertiary alicyclic amines) is 1. The zero-order valence-corrected chi connectivity index (χ0v) is 16.1. The maximum absolute atomic E-state index is 13.1. The lowest BCUT2D eigenvalue weighted by Gasteiger charge is -2.29. The van der Waals surface area contributed by atoms with Crippen LogP contribution in [0, 0.1) is 18.8 Å². The molecule has 0 bridgehead atoms. The number of rotatable bonds is 5. The summed E-state index contributed by atoms with van der Waals surface area (Å²) >= 11 is 0. The van der Waals surface area contributed by atoms with Crippen LogP contribution in [0.3, 0.4) is 0 Å². The highest BCUT2D eigenvalue weighted by Crippen LogP contribution is 2.34.